The number of methoxy groups -OCH3 is 4. The molecule has 8 heteroatoms. The fourth-order valence-corrected chi connectivity index (χ4v) is 10.3. The van der Waals surface area contributed by atoms with Crippen LogP contribution in [0.1, 0.15) is 53.5 Å². The summed E-state index contributed by atoms with van der Waals surface area (Å²) in [5.74, 6) is 4.58. The number of allylic oxidation sites excluding steroid dienone is 2. The lowest BCUT2D eigenvalue weighted by molar-refractivity contribution is -0.164. The minimum Gasteiger partial charge on any atom is -0.543 e. The summed E-state index contributed by atoms with van der Waals surface area (Å²) in [6, 6.07) is 9.74. The van der Waals surface area contributed by atoms with E-state index in [1.807, 2.05) is 36.4 Å². The Morgan fingerprint density at radius 2 is 1.40 bits per heavy atom. The van der Waals surface area contributed by atoms with E-state index < -0.39 is 32.0 Å². The van der Waals surface area contributed by atoms with E-state index >= 15 is 0 Å². The van der Waals surface area contributed by atoms with Crippen LogP contribution in [0.15, 0.2) is 60.4 Å². The molecule has 0 atom stereocenters. The van der Waals surface area contributed by atoms with Crippen LogP contribution in [-0.2, 0) is 33.0 Å². The highest BCUT2D eigenvalue weighted by Crippen LogP contribution is 2.44. The molecule has 0 aromatic heterocycles. The van der Waals surface area contributed by atoms with Gasteiger partial charge in [0.15, 0.2) is 11.7 Å². The van der Waals surface area contributed by atoms with E-state index in [9.17, 15) is 9.59 Å². The molecule has 0 amide bonds. The largest absolute Gasteiger partial charge is 0.543 e. The van der Waals surface area contributed by atoms with Crippen LogP contribution in [0.4, 0.5) is 0 Å². The van der Waals surface area contributed by atoms with Gasteiger partial charge in [0, 0.05) is 20.6 Å². The van der Waals surface area contributed by atoms with Gasteiger partial charge in [0.1, 0.15) is 5.76 Å². The maximum absolute atomic E-state index is 13.3. The van der Waals surface area contributed by atoms with Crippen LogP contribution >= 0.6 is 0 Å². The Hall–Kier alpha value is -3.12. The minimum atomic E-state index is -2.48. The van der Waals surface area contributed by atoms with Gasteiger partial charge in [0.2, 0.25) is 0 Å². The lowest BCUT2D eigenvalue weighted by Gasteiger charge is -2.43. The molecule has 1 aromatic carbocycles. The molecule has 0 aliphatic rings. The molecule has 220 valence electrons. The Bertz CT molecular complexity index is 1050. The third kappa shape index (κ3) is 8.95. The van der Waals surface area contributed by atoms with Crippen LogP contribution in [0.25, 0.3) is 6.08 Å². The Labute approximate surface area is 241 Å². The first-order valence-electron chi connectivity index (χ1n) is 13.5. The quantitative estimate of drug-likeness (QED) is 0.0470. The number of carbonyl (C=O) groups excluding carboxylic acids is 2. The van der Waals surface area contributed by atoms with Crippen molar-refractivity contribution in [3.63, 3.8) is 0 Å². The average Bonchev–Trinajstić information content (AvgIpc) is 2.94. The van der Waals surface area contributed by atoms with Gasteiger partial charge >= 0.3 is 11.9 Å². The highest BCUT2D eigenvalue weighted by Gasteiger charge is 2.50. The number of ether oxygens (including phenoxy) is 4. The van der Waals surface area contributed by atoms with Crippen LogP contribution in [0.3, 0.4) is 0 Å². The fraction of sp³-hybridized carbons (Fsp3) is 0.500. The molecular formula is C32H46O7Si. The number of rotatable bonds is 14. The maximum atomic E-state index is 13.3. The van der Waals surface area contributed by atoms with Crippen molar-refractivity contribution in [2.45, 2.75) is 70.9 Å². The van der Waals surface area contributed by atoms with Crippen LogP contribution in [0.5, 0.6) is 0 Å². The van der Waals surface area contributed by atoms with Gasteiger partial charge in [0.25, 0.3) is 8.32 Å². The molecule has 0 aliphatic heterocycles. The number of carbonyl (C=O) groups is 2. The summed E-state index contributed by atoms with van der Waals surface area (Å²) in [6.07, 6.45) is 7.63. The van der Waals surface area contributed by atoms with Crippen molar-refractivity contribution in [3.05, 3.63) is 66.0 Å². The first-order chi connectivity index (χ1) is 18.9. The molecule has 0 radical (unpaired) electrons. The SMILES string of the molecule is COC(=O)C(/C=C(/C=C/c1ccccc1)O[Si](C(C)C)(C(C)C)C(C)C)(CC#C/C=C/C(OC)OC)C(=O)OC. The Morgan fingerprint density at radius 1 is 0.875 bits per heavy atom. The van der Waals surface area contributed by atoms with E-state index in [2.05, 4.69) is 53.4 Å². The van der Waals surface area contributed by atoms with Crippen molar-refractivity contribution < 1.29 is 33.0 Å². The molecule has 0 aliphatic carbocycles. The standard InChI is InChI=1S/C32H46O7Si/c1-24(2)40(25(3)4,26(5)6)39-28(21-20-27-17-13-11-14-18-27)23-32(30(33)37-9,31(34)38-10)22-16-12-15-19-29(35-7)36-8/h11,13-15,17-21,23-26,29H,22H2,1-10H3/b19-15+,21-20+,28-23-. The monoisotopic (exact) mass is 570 g/mol. The zero-order valence-electron chi connectivity index (χ0n) is 25.6. The molecule has 0 unspecified atom stereocenters. The molecule has 1 rings (SSSR count). The maximum Gasteiger partial charge on any atom is 0.328 e. The third-order valence-electron chi connectivity index (χ3n) is 7.00. The summed E-state index contributed by atoms with van der Waals surface area (Å²) in [4.78, 5) is 26.6. The van der Waals surface area contributed by atoms with Gasteiger partial charge in [-0.3, -0.25) is 9.59 Å². The van der Waals surface area contributed by atoms with E-state index in [1.165, 1.54) is 34.5 Å². The van der Waals surface area contributed by atoms with Gasteiger partial charge < -0.3 is 23.4 Å². The highest BCUT2D eigenvalue weighted by molar-refractivity contribution is 6.77. The summed E-state index contributed by atoms with van der Waals surface area (Å²) in [7, 11) is 3.01. The molecule has 0 saturated heterocycles. The van der Waals surface area contributed by atoms with Gasteiger partial charge in [-0.05, 0) is 46.5 Å². The topological polar surface area (TPSA) is 80.3 Å². The van der Waals surface area contributed by atoms with E-state index in [0.717, 1.165) is 5.56 Å². The lowest BCUT2D eigenvalue weighted by atomic mass is 9.83. The second kappa shape index (κ2) is 16.9. The molecular weight excluding hydrogens is 524 g/mol. The van der Waals surface area contributed by atoms with Crippen molar-refractivity contribution >= 4 is 26.3 Å². The molecule has 40 heavy (non-hydrogen) atoms. The molecule has 0 fully saturated rings. The Balaban J connectivity index is 3.85. The lowest BCUT2D eigenvalue weighted by Crippen LogP contribution is -2.48. The molecule has 1 aromatic rings. The summed E-state index contributed by atoms with van der Waals surface area (Å²) in [5, 5.41) is 0. The van der Waals surface area contributed by atoms with E-state index in [-0.39, 0.29) is 23.0 Å². The molecule has 0 bridgehead atoms. The average molecular weight is 571 g/mol. The molecule has 0 heterocycles. The number of esters is 2. The van der Waals surface area contributed by atoms with Gasteiger partial charge in [-0.15, -0.1) is 0 Å². The zero-order chi connectivity index (χ0) is 30.3. The van der Waals surface area contributed by atoms with Crippen LogP contribution in [0, 0.1) is 17.3 Å². The summed E-state index contributed by atoms with van der Waals surface area (Å²) in [6.45, 7) is 13.0. The second-order valence-electron chi connectivity index (χ2n) is 10.4. The zero-order valence-corrected chi connectivity index (χ0v) is 26.6. The molecule has 7 nitrogen and oxygen atoms in total. The van der Waals surface area contributed by atoms with Crippen molar-refractivity contribution in [3.8, 4) is 11.8 Å². The van der Waals surface area contributed by atoms with Crippen LogP contribution < -0.4 is 0 Å². The smallest absolute Gasteiger partial charge is 0.328 e. The number of hydrogen-bond acceptors (Lipinski definition) is 7. The van der Waals surface area contributed by atoms with Gasteiger partial charge in [-0.2, -0.15) is 0 Å². The Kier molecular flexibility index (Phi) is 14.7. The molecule has 0 N–H and O–H groups in total. The van der Waals surface area contributed by atoms with Crippen molar-refractivity contribution in [2.24, 2.45) is 5.41 Å². The van der Waals surface area contributed by atoms with Crippen molar-refractivity contribution in [2.75, 3.05) is 28.4 Å². The first-order valence-corrected chi connectivity index (χ1v) is 15.6. The third-order valence-corrected chi connectivity index (χ3v) is 13.0. The van der Waals surface area contributed by atoms with Gasteiger partial charge in [0.05, 0.1) is 14.2 Å². The van der Waals surface area contributed by atoms with E-state index in [1.54, 1.807) is 18.2 Å². The highest BCUT2D eigenvalue weighted by atomic mass is 28.4. The fourth-order valence-electron chi connectivity index (χ4n) is 5.04. The van der Waals surface area contributed by atoms with Crippen LogP contribution in [0.2, 0.25) is 16.6 Å². The predicted molar refractivity (Wildman–Crippen MR) is 161 cm³/mol. The van der Waals surface area contributed by atoms with Gasteiger partial charge in [-0.25, -0.2) is 0 Å². The van der Waals surface area contributed by atoms with E-state index in [4.69, 9.17) is 23.4 Å². The van der Waals surface area contributed by atoms with Crippen LogP contribution in [-0.4, -0.2) is 55.0 Å². The first kappa shape index (κ1) is 34.9. The van der Waals surface area contributed by atoms with Crippen molar-refractivity contribution in [1.82, 2.24) is 0 Å². The van der Waals surface area contributed by atoms with E-state index in [0.29, 0.717) is 5.76 Å². The minimum absolute atomic E-state index is 0.188. The molecule has 0 saturated carbocycles. The molecule has 0 spiro atoms. The van der Waals surface area contributed by atoms with Gasteiger partial charge in [-0.1, -0.05) is 89.8 Å². The second-order valence-corrected chi connectivity index (χ2v) is 15.7. The van der Waals surface area contributed by atoms with Crippen molar-refractivity contribution in [1.29, 1.82) is 0 Å². The normalized spacial score (nSPS) is 12.9. The predicted octanol–water partition coefficient (Wildman–Crippen LogP) is 6.68. The number of benzene rings is 1. The summed E-state index contributed by atoms with van der Waals surface area (Å²) < 4.78 is 27.5. The Morgan fingerprint density at radius 3 is 1.85 bits per heavy atom. The number of hydrogen-bond donors (Lipinski definition) is 0. The summed E-state index contributed by atoms with van der Waals surface area (Å²) in [5.41, 5.74) is -0.142. The summed E-state index contributed by atoms with van der Waals surface area (Å²) >= 11 is 0.